The smallest absolute Gasteiger partial charge is 0.228 e. The molecular weight excluding hydrogens is 224 g/mol. The lowest BCUT2D eigenvalue weighted by Crippen LogP contribution is -2.28. The molecular formula is C12H17ClN2O. The Morgan fingerprint density at radius 2 is 2.19 bits per heavy atom. The van der Waals surface area contributed by atoms with Crippen molar-refractivity contribution in [3.05, 3.63) is 28.8 Å². The van der Waals surface area contributed by atoms with Crippen LogP contribution in [0.2, 0.25) is 5.02 Å². The van der Waals surface area contributed by atoms with Crippen LogP contribution in [-0.2, 0) is 4.79 Å². The standard InChI is InChI=1S/C12H17ClN2O/c1-8-5-4-6-10(13)11(8)15-12(16)9(2)7-14-3/h4-6,9,14H,7H2,1-3H3,(H,15,16). The summed E-state index contributed by atoms with van der Waals surface area (Å²) in [7, 11) is 1.82. The Balaban J connectivity index is 2.77. The van der Waals surface area contributed by atoms with Crippen molar-refractivity contribution in [2.45, 2.75) is 13.8 Å². The highest BCUT2D eigenvalue weighted by Gasteiger charge is 2.14. The summed E-state index contributed by atoms with van der Waals surface area (Å²) in [6.07, 6.45) is 0. The summed E-state index contributed by atoms with van der Waals surface area (Å²) in [5, 5.41) is 6.40. The van der Waals surface area contributed by atoms with Gasteiger partial charge in [-0.1, -0.05) is 30.7 Å². The lowest BCUT2D eigenvalue weighted by molar-refractivity contribution is -0.119. The first-order valence-corrected chi connectivity index (χ1v) is 5.64. The summed E-state index contributed by atoms with van der Waals surface area (Å²) in [6, 6.07) is 5.56. The third-order valence-electron chi connectivity index (χ3n) is 2.43. The number of halogens is 1. The number of aryl methyl sites for hydroxylation is 1. The minimum atomic E-state index is -0.0827. The van der Waals surface area contributed by atoms with Crippen molar-refractivity contribution in [3.63, 3.8) is 0 Å². The molecule has 1 rings (SSSR count). The Kier molecular flexibility index (Phi) is 4.77. The number of benzene rings is 1. The van der Waals surface area contributed by atoms with Crippen molar-refractivity contribution in [1.82, 2.24) is 5.32 Å². The first kappa shape index (κ1) is 13.0. The van der Waals surface area contributed by atoms with Gasteiger partial charge in [0, 0.05) is 12.5 Å². The molecule has 1 amide bonds. The van der Waals surface area contributed by atoms with E-state index in [1.165, 1.54) is 0 Å². The van der Waals surface area contributed by atoms with Crippen LogP contribution in [0.15, 0.2) is 18.2 Å². The normalized spacial score (nSPS) is 12.2. The zero-order valence-corrected chi connectivity index (χ0v) is 10.6. The maximum absolute atomic E-state index is 11.8. The molecule has 1 aromatic rings. The SMILES string of the molecule is CNCC(C)C(=O)Nc1c(C)cccc1Cl. The van der Waals surface area contributed by atoms with Gasteiger partial charge in [0.05, 0.1) is 10.7 Å². The molecule has 0 heterocycles. The number of carbonyl (C=O) groups excluding carboxylic acids is 1. The van der Waals surface area contributed by atoms with E-state index < -0.39 is 0 Å². The van der Waals surface area contributed by atoms with Crippen molar-refractivity contribution >= 4 is 23.2 Å². The highest BCUT2D eigenvalue weighted by Crippen LogP contribution is 2.25. The Labute approximate surface area is 101 Å². The van der Waals surface area contributed by atoms with Crippen LogP contribution >= 0.6 is 11.6 Å². The number of hydrogen-bond acceptors (Lipinski definition) is 2. The Morgan fingerprint density at radius 3 is 2.75 bits per heavy atom. The summed E-state index contributed by atoms with van der Waals surface area (Å²) in [5.74, 6) is -0.105. The van der Waals surface area contributed by atoms with Gasteiger partial charge < -0.3 is 10.6 Å². The number of rotatable bonds is 4. The van der Waals surface area contributed by atoms with Crippen molar-refractivity contribution in [1.29, 1.82) is 0 Å². The molecule has 88 valence electrons. The molecule has 1 atom stereocenters. The summed E-state index contributed by atoms with van der Waals surface area (Å²) in [6.45, 7) is 4.44. The highest BCUT2D eigenvalue weighted by molar-refractivity contribution is 6.33. The molecule has 3 nitrogen and oxygen atoms in total. The van der Waals surface area contributed by atoms with Gasteiger partial charge in [0.15, 0.2) is 0 Å². The molecule has 0 spiro atoms. The summed E-state index contributed by atoms with van der Waals surface area (Å²) in [4.78, 5) is 11.8. The van der Waals surface area contributed by atoms with Crippen molar-refractivity contribution in [3.8, 4) is 0 Å². The van der Waals surface area contributed by atoms with E-state index in [0.29, 0.717) is 17.3 Å². The second-order valence-corrected chi connectivity index (χ2v) is 4.29. The van der Waals surface area contributed by atoms with E-state index in [1.807, 2.05) is 33.0 Å². The van der Waals surface area contributed by atoms with Gasteiger partial charge in [-0.25, -0.2) is 0 Å². The third kappa shape index (κ3) is 3.22. The van der Waals surface area contributed by atoms with Gasteiger partial charge in [0.25, 0.3) is 0 Å². The predicted octanol–water partition coefficient (Wildman–Crippen LogP) is 2.44. The summed E-state index contributed by atoms with van der Waals surface area (Å²) in [5.41, 5.74) is 1.68. The Morgan fingerprint density at radius 1 is 1.50 bits per heavy atom. The van der Waals surface area contributed by atoms with E-state index in [-0.39, 0.29) is 11.8 Å². The van der Waals surface area contributed by atoms with Crippen LogP contribution in [0.1, 0.15) is 12.5 Å². The number of para-hydroxylation sites is 1. The van der Waals surface area contributed by atoms with E-state index >= 15 is 0 Å². The molecule has 0 aromatic heterocycles. The van der Waals surface area contributed by atoms with Gasteiger partial charge in [-0.3, -0.25) is 4.79 Å². The minimum Gasteiger partial charge on any atom is -0.324 e. The number of amides is 1. The van der Waals surface area contributed by atoms with Crippen molar-refractivity contribution in [2.24, 2.45) is 5.92 Å². The van der Waals surface area contributed by atoms with Gasteiger partial charge in [-0.2, -0.15) is 0 Å². The lowest BCUT2D eigenvalue weighted by atomic mass is 10.1. The Hall–Kier alpha value is -1.06. The second-order valence-electron chi connectivity index (χ2n) is 3.88. The fourth-order valence-corrected chi connectivity index (χ4v) is 1.70. The van der Waals surface area contributed by atoms with E-state index in [9.17, 15) is 4.79 Å². The Bertz CT molecular complexity index is 359. The van der Waals surface area contributed by atoms with Crippen LogP contribution in [-0.4, -0.2) is 19.5 Å². The third-order valence-corrected chi connectivity index (χ3v) is 2.74. The molecule has 0 aliphatic heterocycles. The van der Waals surface area contributed by atoms with E-state index in [0.717, 1.165) is 5.56 Å². The van der Waals surface area contributed by atoms with Gasteiger partial charge in [-0.05, 0) is 25.6 Å². The average molecular weight is 241 g/mol. The van der Waals surface area contributed by atoms with Crippen LogP contribution in [0.3, 0.4) is 0 Å². The van der Waals surface area contributed by atoms with Crippen LogP contribution in [0, 0.1) is 12.8 Å². The largest absolute Gasteiger partial charge is 0.324 e. The summed E-state index contributed by atoms with van der Waals surface area (Å²) >= 11 is 6.03. The molecule has 0 aliphatic rings. The van der Waals surface area contributed by atoms with Gasteiger partial charge in [0.2, 0.25) is 5.91 Å². The molecule has 0 radical (unpaired) electrons. The fraction of sp³-hybridized carbons (Fsp3) is 0.417. The molecule has 1 unspecified atom stereocenters. The number of hydrogen-bond donors (Lipinski definition) is 2. The zero-order valence-electron chi connectivity index (χ0n) is 9.80. The first-order valence-electron chi connectivity index (χ1n) is 5.26. The maximum atomic E-state index is 11.8. The maximum Gasteiger partial charge on any atom is 0.228 e. The number of carbonyl (C=O) groups is 1. The quantitative estimate of drug-likeness (QED) is 0.849. The number of nitrogens with one attached hydrogen (secondary N) is 2. The van der Waals surface area contributed by atoms with Crippen LogP contribution in [0.25, 0.3) is 0 Å². The molecule has 0 saturated carbocycles. The summed E-state index contributed by atoms with van der Waals surface area (Å²) < 4.78 is 0. The number of anilines is 1. The molecule has 0 bridgehead atoms. The van der Waals surface area contributed by atoms with Crippen molar-refractivity contribution < 1.29 is 4.79 Å². The highest BCUT2D eigenvalue weighted by atomic mass is 35.5. The topological polar surface area (TPSA) is 41.1 Å². The second kappa shape index (κ2) is 5.87. The molecule has 16 heavy (non-hydrogen) atoms. The lowest BCUT2D eigenvalue weighted by Gasteiger charge is -2.14. The first-order chi connectivity index (χ1) is 7.56. The molecule has 1 aromatic carbocycles. The minimum absolute atomic E-state index is 0.0226. The molecule has 0 fully saturated rings. The van der Waals surface area contributed by atoms with E-state index in [4.69, 9.17) is 11.6 Å². The van der Waals surface area contributed by atoms with Crippen LogP contribution < -0.4 is 10.6 Å². The van der Waals surface area contributed by atoms with E-state index in [2.05, 4.69) is 10.6 Å². The van der Waals surface area contributed by atoms with Gasteiger partial charge in [0.1, 0.15) is 0 Å². The van der Waals surface area contributed by atoms with Crippen LogP contribution in [0.5, 0.6) is 0 Å². The average Bonchev–Trinajstić information content (AvgIpc) is 2.23. The zero-order chi connectivity index (χ0) is 12.1. The van der Waals surface area contributed by atoms with Gasteiger partial charge in [-0.15, -0.1) is 0 Å². The molecule has 0 saturated heterocycles. The molecule has 0 aliphatic carbocycles. The van der Waals surface area contributed by atoms with E-state index in [1.54, 1.807) is 6.07 Å². The monoisotopic (exact) mass is 240 g/mol. The van der Waals surface area contributed by atoms with Gasteiger partial charge >= 0.3 is 0 Å². The molecule has 2 N–H and O–H groups in total. The fourth-order valence-electron chi connectivity index (χ4n) is 1.44. The molecule has 4 heteroatoms. The van der Waals surface area contributed by atoms with Crippen molar-refractivity contribution in [2.75, 3.05) is 18.9 Å². The van der Waals surface area contributed by atoms with Crippen LogP contribution in [0.4, 0.5) is 5.69 Å². The predicted molar refractivity (Wildman–Crippen MR) is 67.9 cm³/mol.